The van der Waals surface area contributed by atoms with Crippen LogP contribution in [0.1, 0.15) is 11.1 Å². The standard InChI is InChI=1S/C14H11FO3/c15-13-5-12-9(4-14(13)17)7-18-6-8-3-10(16)1-2-11(8)12/h1-5,16-17H,6-7H2. The first-order chi connectivity index (χ1) is 8.65. The Bertz CT molecular complexity index is 623. The molecule has 4 heteroatoms. The predicted molar refractivity (Wildman–Crippen MR) is 63.7 cm³/mol. The van der Waals surface area contributed by atoms with E-state index in [-0.39, 0.29) is 11.5 Å². The Labute approximate surface area is 103 Å². The lowest BCUT2D eigenvalue weighted by molar-refractivity contribution is 0.109. The van der Waals surface area contributed by atoms with Crippen LogP contribution in [0.3, 0.4) is 0 Å². The van der Waals surface area contributed by atoms with Crippen molar-refractivity contribution < 1.29 is 19.3 Å². The van der Waals surface area contributed by atoms with E-state index >= 15 is 0 Å². The van der Waals surface area contributed by atoms with Gasteiger partial charge in [0.2, 0.25) is 0 Å². The van der Waals surface area contributed by atoms with Gasteiger partial charge in [-0.15, -0.1) is 0 Å². The van der Waals surface area contributed by atoms with Gasteiger partial charge >= 0.3 is 0 Å². The highest BCUT2D eigenvalue weighted by molar-refractivity contribution is 5.73. The first-order valence-electron chi connectivity index (χ1n) is 5.56. The summed E-state index contributed by atoms with van der Waals surface area (Å²) in [4.78, 5) is 0. The van der Waals surface area contributed by atoms with Gasteiger partial charge in [0.05, 0.1) is 13.2 Å². The fourth-order valence-corrected chi connectivity index (χ4v) is 2.21. The minimum absolute atomic E-state index is 0.153. The molecule has 18 heavy (non-hydrogen) atoms. The van der Waals surface area contributed by atoms with E-state index in [9.17, 15) is 14.6 Å². The SMILES string of the molecule is Oc1ccc2c(c1)COCc1cc(O)c(F)cc1-2. The van der Waals surface area contributed by atoms with E-state index in [0.29, 0.717) is 18.8 Å². The molecule has 0 aliphatic carbocycles. The van der Waals surface area contributed by atoms with Gasteiger partial charge in [-0.2, -0.15) is 0 Å². The van der Waals surface area contributed by atoms with Crippen molar-refractivity contribution in [3.05, 3.63) is 47.3 Å². The van der Waals surface area contributed by atoms with Crippen molar-refractivity contribution in [2.75, 3.05) is 0 Å². The van der Waals surface area contributed by atoms with Crippen LogP contribution < -0.4 is 0 Å². The van der Waals surface area contributed by atoms with Crippen LogP contribution in [0.25, 0.3) is 11.1 Å². The molecule has 0 fully saturated rings. The van der Waals surface area contributed by atoms with Crippen molar-refractivity contribution in [3.8, 4) is 22.6 Å². The van der Waals surface area contributed by atoms with E-state index in [4.69, 9.17) is 4.74 Å². The largest absolute Gasteiger partial charge is 0.508 e. The zero-order chi connectivity index (χ0) is 12.7. The van der Waals surface area contributed by atoms with E-state index in [1.165, 1.54) is 12.1 Å². The molecule has 1 aliphatic heterocycles. The molecule has 2 aromatic rings. The second-order valence-electron chi connectivity index (χ2n) is 4.30. The van der Waals surface area contributed by atoms with Gasteiger partial charge in [-0.05, 0) is 46.5 Å². The van der Waals surface area contributed by atoms with Gasteiger partial charge in [-0.3, -0.25) is 0 Å². The number of aromatic hydroxyl groups is 2. The summed E-state index contributed by atoms with van der Waals surface area (Å²) in [5, 5.41) is 18.8. The van der Waals surface area contributed by atoms with Gasteiger partial charge < -0.3 is 14.9 Å². The average Bonchev–Trinajstić information content (AvgIpc) is 2.49. The van der Waals surface area contributed by atoms with Gasteiger partial charge in [0.15, 0.2) is 11.6 Å². The van der Waals surface area contributed by atoms with Crippen molar-refractivity contribution in [3.63, 3.8) is 0 Å². The number of hydrogen-bond donors (Lipinski definition) is 2. The Kier molecular flexibility index (Phi) is 2.45. The fourth-order valence-electron chi connectivity index (χ4n) is 2.21. The monoisotopic (exact) mass is 246 g/mol. The lowest BCUT2D eigenvalue weighted by Gasteiger charge is -2.09. The third-order valence-electron chi connectivity index (χ3n) is 3.07. The highest BCUT2D eigenvalue weighted by atomic mass is 19.1. The second-order valence-corrected chi connectivity index (χ2v) is 4.30. The maximum absolute atomic E-state index is 13.5. The summed E-state index contributed by atoms with van der Waals surface area (Å²) in [7, 11) is 0. The van der Waals surface area contributed by atoms with Crippen LogP contribution in [0.4, 0.5) is 4.39 Å². The van der Waals surface area contributed by atoms with Crippen molar-refractivity contribution in [1.29, 1.82) is 0 Å². The molecule has 0 saturated heterocycles. The molecular formula is C14H11FO3. The number of halogens is 1. The summed E-state index contributed by atoms with van der Waals surface area (Å²) in [6, 6.07) is 7.57. The lowest BCUT2D eigenvalue weighted by atomic mass is 9.96. The molecule has 2 N–H and O–H groups in total. The highest BCUT2D eigenvalue weighted by Gasteiger charge is 2.17. The van der Waals surface area contributed by atoms with Crippen molar-refractivity contribution in [1.82, 2.24) is 0 Å². The van der Waals surface area contributed by atoms with E-state index in [2.05, 4.69) is 0 Å². The Morgan fingerprint density at radius 2 is 1.67 bits per heavy atom. The molecule has 1 heterocycles. The normalized spacial score (nSPS) is 13.6. The summed E-state index contributed by atoms with van der Waals surface area (Å²) >= 11 is 0. The zero-order valence-electron chi connectivity index (χ0n) is 9.48. The fraction of sp³-hybridized carbons (Fsp3) is 0.143. The number of hydrogen-bond acceptors (Lipinski definition) is 3. The summed E-state index contributed by atoms with van der Waals surface area (Å²) in [5.41, 5.74) is 3.05. The third-order valence-corrected chi connectivity index (χ3v) is 3.07. The zero-order valence-corrected chi connectivity index (χ0v) is 9.48. The highest BCUT2D eigenvalue weighted by Crippen LogP contribution is 2.36. The van der Waals surface area contributed by atoms with Gasteiger partial charge in [0.1, 0.15) is 5.75 Å². The van der Waals surface area contributed by atoms with E-state index < -0.39 is 5.82 Å². The summed E-state index contributed by atoms with van der Waals surface area (Å²) in [6.45, 7) is 0.652. The molecule has 0 bridgehead atoms. The molecular weight excluding hydrogens is 235 g/mol. The molecule has 3 rings (SSSR count). The van der Waals surface area contributed by atoms with Crippen LogP contribution in [-0.2, 0) is 18.0 Å². The van der Waals surface area contributed by atoms with Crippen LogP contribution in [0.5, 0.6) is 11.5 Å². The molecule has 0 saturated carbocycles. The molecule has 0 amide bonds. The summed E-state index contributed by atoms with van der Waals surface area (Å²) < 4.78 is 18.9. The number of ether oxygens (including phenoxy) is 1. The van der Waals surface area contributed by atoms with Crippen LogP contribution in [0.2, 0.25) is 0 Å². The number of rotatable bonds is 0. The second kappa shape index (κ2) is 3.99. The number of phenolic OH excluding ortho intramolecular Hbond substituents is 2. The maximum Gasteiger partial charge on any atom is 0.165 e. The van der Waals surface area contributed by atoms with Crippen LogP contribution >= 0.6 is 0 Å². The van der Waals surface area contributed by atoms with Gasteiger partial charge in [0.25, 0.3) is 0 Å². The molecule has 0 radical (unpaired) electrons. The van der Waals surface area contributed by atoms with Gasteiger partial charge in [0, 0.05) is 0 Å². The number of benzene rings is 2. The Hall–Kier alpha value is -2.07. The van der Waals surface area contributed by atoms with E-state index in [1.807, 2.05) is 0 Å². The van der Waals surface area contributed by atoms with Crippen molar-refractivity contribution in [2.45, 2.75) is 13.2 Å². The Balaban J connectivity index is 2.27. The molecule has 0 aromatic heterocycles. The van der Waals surface area contributed by atoms with Gasteiger partial charge in [-0.1, -0.05) is 6.07 Å². The Morgan fingerprint density at radius 3 is 2.44 bits per heavy atom. The molecule has 0 atom stereocenters. The quantitative estimate of drug-likeness (QED) is 0.751. The van der Waals surface area contributed by atoms with Crippen LogP contribution in [-0.4, -0.2) is 10.2 Å². The molecule has 2 aromatic carbocycles. The average molecular weight is 246 g/mol. The molecule has 3 nitrogen and oxygen atoms in total. The first kappa shape index (κ1) is 11.0. The number of fused-ring (bicyclic) bond motifs is 3. The summed E-state index contributed by atoms with van der Waals surface area (Å²) in [6.07, 6.45) is 0. The molecule has 1 aliphatic rings. The Morgan fingerprint density at radius 1 is 0.944 bits per heavy atom. The molecule has 92 valence electrons. The number of phenols is 2. The predicted octanol–water partition coefficient (Wildman–Crippen LogP) is 2.93. The molecule has 0 unspecified atom stereocenters. The lowest BCUT2D eigenvalue weighted by Crippen LogP contribution is -1.91. The molecule has 0 spiro atoms. The van der Waals surface area contributed by atoms with E-state index in [0.717, 1.165) is 16.7 Å². The topological polar surface area (TPSA) is 49.7 Å². The first-order valence-corrected chi connectivity index (χ1v) is 5.56. The van der Waals surface area contributed by atoms with Gasteiger partial charge in [-0.25, -0.2) is 4.39 Å². The van der Waals surface area contributed by atoms with Crippen LogP contribution in [0.15, 0.2) is 30.3 Å². The van der Waals surface area contributed by atoms with Crippen molar-refractivity contribution >= 4 is 0 Å². The van der Waals surface area contributed by atoms with Crippen molar-refractivity contribution in [2.24, 2.45) is 0 Å². The van der Waals surface area contributed by atoms with Crippen LogP contribution in [0, 0.1) is 5.82 Å². The minimum Gasteiger partial charge on any atom is -0.508 e. The minimum atomic E-state index is -0.658. The maximum atomic E-state index is 13.5. The smallest absolute Gasteiger partial charge is 0.165 e. The third kappa shape index (κ3) is 1.71. The van der Waals surface area contributed by atoms with E-state index in [1.54, 1.807) is 18.2 Å². The summed E-state index contributed by atoms with van der Waals surface area (Å²) in [5.74, 6) is -0.880.